The largest absolute Gasteiger partial charge is 0.393 e. The third kappa shape index (κ3) is 3.76. The summed E-state index contributed by atoms with van der Waals surface area (Å²) in [5.74, 6) is -0.103. The second-order valence-corrected chi connectivity index (χ2v) is 7.05. The van der Waals surface area contributed by atoms with Crippen LogP contribution in [0.4, 0.5) is 11.4 Å². The highest BCUT2D eigenvalue weighted by Gasteiger charge is 2.32. The number of rotatable bonds is 4. The third-order valence-corrected chi connectivity index (χ3v) is 5.31. The van der Waals surface area contributed by atoms with Gasteiger partial charge in [-0.05, 0) is 38.7 Å². The summed E-state index contributed by atoms with van der Waals surface area (Å²) in [5, 5.41) is 20.9. The minimum atomic E-state index is -0.459. The van der Waals surface area contributed by atoms with Gasteiger partial charge in [0.25, 0.3) is 11.6 Å². The number of anilines is 1. The maximum Gasteiger partial charge on any atom is 0.270 e. The minimum Gasteiger partial charge on any atom is -0.393 e. The summed E-state index contributed by atoms with van der Waals surface area (Å²) in [6.07, 6.45) is 3.62. The number of aliphatic hydroxyl groups excluding tert-OH is 1. The molecule has 7 nitrogen and oxygen atoms in total. The topological polar surface area (TPSA) is 86.9 Å². The summed E-state index contributed by atoms with van der Waals surface area (Å²) < 4.78 is 0. The van der Waals surface area contributed by atoms with Gasteiger partial charge in [-0.25, -0.2) is 0 Å². The van der Waals surface area contributed by atoms with Gasteiger partial charge in [-0.3, -0.25) is 14.9 Å². The van der Waals surface area contributed by atoms with Gasteiger partial charge < -0.3 is 14.9 Å². The predicted molar refractivity (Wildman–Crippen MR) is 94.9 cm³/mol. The lowest BCUT2D eigenvalue weighted by Gasteiger charge is -2.31. The van der Waals surface area contributed by atoms with Gasteiger partial charge in [-0.1, -0.05) is 0 Å². The standard InChI is InChI=1S/C18H25N3O4/c1-13(22)14-7-10-20(12-14)18(23)16-11-15(21(24)25)5-6-17(16)19-8-3-2-4-9-19/h5-6,11,13-14,22H,2-4,7-10,12H2,1H3. The first-order valence-corrected chi connectivity index (χ1v) is 8.98. The van der Waals surface area contributed by atoms with Crippen molar-refractivity contribution < 1.29 is 14.8 Å². The third-order valence-electron chi connectivity index (χ3n) is 5.31. The number of amides is 1. The zero-order valence-electron chi connectivity index (χ0n) is 14.6. The fraction of sp³-hybridized carbons (Fsp3) is 0.611. The van der Waals surface area contributed by atoms with Crippen LogP contribution in [0.1, 0.15) is 43.0 Å². The molecule has 1 aromatic rings. The van der Waals surface area contributed by atoms with Crippen LogP contribution in [-0.4, -0.2) is 53.1 Å². The van der Waals surface area contributed by atoms with Crippen molar-refractivity contribution >= 4 is 17.3 Å². The number of piperidine rings is 1. The van der Waals surface area contributed by atoms with E-state index in [4.69, 9.17) is 0 Å². The molecule has 0 radical (unpaired) electrons. The van der Waals surface area contributed by atoms with E-state index < -0.39 is 11.0 Å². The maximum atomic E-state index is 13.0. The molecule has 0 aliphatic carbocycles. The average molecular weight is 347 g/mol. The quantitative estimate of drug-likeness (QED) is 0.668. The van der Waals surface area contributed by atoms with E-state index in [1.807, 2.05) is 0 Å². The number of carbonyl (C=O) groups excluding carboxylic acids is 1. The van der Waals surface area contributed by atoms with E-state index >= 15 is 0 Å². The summed E-state index contributed by atoms with van der Waals surface area (Å²) >= 11 is 0. The van der Waals surface area contributed by atoms with Crippen LogP contribution >= 0.6 is 0 Å². The summed E-state index contributed by atoms with van der Waals surface area (Å²) in [6.45, 7) is 4.56. The number of likely N-dealkylation sites (tertiary alicyclic amines) is 1. The number of non-ortho nitro benzene ring substituents is 1. The van der Waals surface area contributed by atoms with Gasteiger partial charge in [0.05, 0.1) is 22.3 Å². The van der Waals surface area contributed by atoms with E-state index in [1.54, 1.807) is 17.9 Å². The molecular weight excluding hydrogens is 322 g/mol. The van der Waals surface area contributed by atoms with Crippen molar-refractivity contribution in [1.82, 2.24) is 4.90 Å². The Labute approximate surface area is 147 Å². The van der Waals surface area contributed by atoms with E-state index in [9.17, 15) is 20.0 Å². The highest BCUT2D eigenvalue weighted by Crippen LogP contribution is 2.31. The molecule has 1 N–H and O–H groups in total. The summed E-state index contributed by atoms with van der Waals surface area (Å²) in [4.78, 5) is 27.6. The molecule has 2 atom stereocenters. The van der Waals surface area contributed by atoms with Crippen LogP contribution in [-0.2, 0) is 0 Å². The zero-order valence-corrected chi connectivity index (χ0v) is 14.6. The normalized spacial score (nSPS) is 22.1. The van der Waals surface area contributed by atoms with Gasteiger partial charge in [0, 0.05) is 44.2 Å². The number of aliphatic hydroxyl groups is 1. The molecule has 2 aliphatic heterocycles. The number of benzene rings is 1. The number of hydrogen-bond donors (Lipinski definition) is 1. The smallest absolute Gasteiger partial charge is 0.270 e. The van der Waals surface area contributed by atoms with E-state index in [1.165, 1.54) is 18.6 Å². The molecule has 0 saturated carbocycles. The first-order valence-electron chi connectivity index (χ1n) is 8.98. The molecular formula is C18H25N3O4. The first-order chi connectivity index (χ1) is 12.0. The number of nitrogens with zero attached hydrogens (tertiary/aromatic N) is 3. The molecule has 2 aliphatic rings. The van der Waals surface area contributed by atoms with Crippen molar-refractivity contribution in [1.29, 1.82) is 0 Å². The fourth-order valence-electron chi connectivity index (χ4n) is 3.76. The van der Waals surface area contributed by atoms with Crippen molar-refractivity contribution in [2.45, 2.75) is 38.7 Å². The van der Waals surface area contributed by atoms with Gasteiger partial charge in [-0.15, -0.1) is 0 Å². The molecule has 3 rings (SSSR count). The summed E-state index contributed by atoms with van der Waals surface area (Å²) in [7, 11) is 0. The van der Waals surface area contributed by atoms with Gasteiger partial charge in [0.1, 0.15) is 0 Å². The van der Waals surface area contributed by atoms with Gasteiger partial charge >= 0.3 is 0 Å². The zero-order chi connectivity index (χ0) is 18.0. The molecule has 0 aromatic heterocycles. The highest BCUT2D eigenvalue weighted by molar-refractivity contribution is 6.00. The Kier molecular flexibility index (Phi) is 5.22. The first kappa shape index (κ1) is 17.7. The van der Waals surface area contributed by atoms with E-state index in [0.29, 0.717) is 18.7 Å². The van der Waals surface area contributed by atoms with Crippen LogP contribution in [0.25, 0.3) is 0 Å². The number of hydrogen-bond acceptors (Lipinski definition) is 5. The molecule has 1 aromatic carbocycles. The summed E-state index contributed by atoms with van der Waals surface area (Å²) in [6, 6.07) is 4.59. The molecule has 7 heteroatoms. The Bertz CT molecular complexity index is 656. The molecule has 2 fully saturated rings. The van der Waals surface area contributed by atoms with Crippen LogP contribution in [0.15, 0.2) is 18.2 Å². The number of nitro benzene ring substituents is 1. The lowest BCUT2D eigenvalue weighted by atomic mass is 10.0. The molecule has 136 valence electrons. The SMILES string of the molecule is CC(O)C1CCN(C(=O)c2cc([N+](=O)[O-])ccc2N2CCCCC2)C1. The van der Waals surface area contributed by atoms with Crippen molar-refractivity contribution in [3.63, 3.8) is 0 Å². The van der Waals surface area contributed by atoms with Crippen LogP contribution in [0.2, 0.25) is 0 Å². The van der Waals surface area contributed by atoms with Crippen LogP contribution in [0, 0.1) is 16.0 Å². The van der Waals surface area contributed by atoms with Crippen molar-refractivity contribution in [3.05, 3.63) is 33.9 Å². The predicted octanol–water partition coefficient (Wildman–Crippen LogP) is 2.43. The van der Waals surface area contributed by atoms with Crippen molar-refractivity contribution in [2.24, 2.45) is 5.92 Å². The van der Waals surface area contributed by atoms with Gasteiger partial charge in [-0.2, -0.15) is 0 Å². The van der Waals surface area contributed by atoms with E-state index in [0.717, 1.165) is 38.0 Å². The minimum absolute atomic E-state index is 0.0598. The average Bonchev–Trinajstić information content (AvgIpc) is 3.11. The van der Waals surface area contributed by atoms with E-state index in [2.05, 4.69) is 4.90 Å². The van der Waals surface area contributed by atoms with Crippen LogP contribution in [0.3, 0.4) is 0 Å². The molecule has 2 heterocycles. The van der Waals surface area contributed by atoms with Crippen LogP contribution < -0.4 is 4.90 Å². The molecule has 2 unspecified atom stereocenters. The second kappa shape index (κ2) is 7.39. The molecule has 25 heavy (non-hydrogen) atoms. The molecule has 1 amide bonds. The monoisotopic (exact) mass is 347 g/mol. The Hall–Kier alpha value is -2.15. The lowest BCUT2D eigenvalue weighted by molar-refractivity contribution is -0.384. The summed E-state index contributed by atoms with van der Waals surface area (Å²) in [5.41, 5.74) is 1.13. The van der Waals surface area contributed by atoms with Gasteiger partial charge in [0.2, 0.25) is 0 Å². The van der Waals surface area contributed by atoms with Crippen molar-refractivity contribution in [3.8, 4) is 0 Å². The maximum absolute atomic E-state index is 13.0. The van der Waals surface area contributed by atoms with Crippen LogP contribution in [0.5, 0.6) is 0 Å². The van der Waals surface area contributed by atoms with Gasteiger partial charge in [0.15, 0.2) is 0 Å². The highest BCUT2D eigenvalue weighted by atomic mass is 16.6. The lowest BCUT2D eigenvalue weighted by Crippen LogP contribution is -2.34. The Morgan fingerprint density at radius 2 is 2.00 bits per heavy atom. The Balaban J connectivity index is 1.90. The number of carbonyl (C=O) groups is 1. The Morgan fingerprint density at radius 1 is 1.28 bits per heavy atom. The molecule has 0 spiro atoms. The Morgan fingerprint density at radius 3 is 2.60 bits per heavy atom. The van der Waals surface area contributed by atoms with E-state index in [-0.39, 0.29) is 17.5 Å². The number of nitro groups is 1. The van der Waals surface area contributed by atoms with Crippen molar-refractivity contribution in [2.75, 3.05) is 31.1 Å². The fourth-order valence-corrected chi connectivity index (χ4v) is 3.76. The second-order valence-electron chi connectivity index (χ2n) is 7.05. The molecule has 0 bridgehead atoms. The molecule has 2 saturated heterocycles.